The first-order valence-corrected chi connectivity index (χ1v) is 9.43. The summed E-state index contributed by atoms with van der Waals surface area (Å²) >= 11 is 0. The van der Waals surface area contributed by atoms with Crippen LogP contribution in [0.1, 0.15) is 12.0 Å². The summed E-state index contributed by atoms with van der Waals surface area (Å²) in [6.45, 7) is 4.84. The minimum Gasteiger partial charge on any atom is -0.493 e. The first-order chi connectivity index (χ1) is 13.7. The molecule has 1 saturated heterocycles. The Labute approximate surface area is 163 Å². The molecule has 0 spiro atoms. The number of carbonyl (C=O) groups is 1. The van der Waals surface area contributed by atoms with Gasteiger partial charge in [0.2, 0.25) is 5.91 Å². The molecule has 9 nitrogen and oxygen atoms in total. The zero-order valence-electron chi connectivity index (χ0n) is 16.0. The number of ether oxygens (including phenoxy) is 2. The lowest BCUT2D eigenvalue weighted by Gasteiger charge is -2.25. The molecule has 4 rings (SSSR count). The fraction of sp³-hybridized carbons (Fsp3) is 0.474. The van der Waals surface area contributed by atoms with Crippen LogP contribution in [-0.4, -0.2) is 82.4 Å². The van der Waals surface area contributed by atoms with E-state index in [1.54, 1.807) is 7.11 Å². The second kappa shape index (κ2) is 8.39. The minimum absolute atomic E-state index is 0.0513. The predicted octanol–water partition coefficient (Wildman–Crippen LogP) is 0.692. The van der Waals surface area contributed by atoms with Crippen molar-refractivity contribution in [2.45, 2.75) is 13.0 Å². The van der Waals surface area contributed by atoms with E-state index in [1.807, 2.05) is 23.1 Å². The fourth-order valence-electron chi connectivity index (χ4n) is 3.64. The summed E-state index contributed by atoms with van der Waals surface area (Å²) in [6, 6.07) is 5.92. The monoisotopic (exact) mass is 384 g/mol. The molecule has 1 fully saturated rings. The van der Waals surface area contributed by atoms with Gasteiger partial charge >= 0.3 is 0 Å². The van der Waals surface area contributed by atoms with Crippen molar-refractivity contribution in [1.82, 2.24) is 30.0 Å². The molecule has 0 saturated carbocycles. The average molecular weight is 384 g/mol. The van der Waals surface area contributed by atoms with Crippen molar-refractivity contribution in [3.8, 4) is 11.5 Å². The van der Waals surface area contributed by atoms with E-state index in [1.165, 1.54) is 16.6 Å². The van der Waals surface area contributed by atoms with Crippen LogP contribution in [0.2, 0.25) is 0 Å². The summed E-state index contributed by atoms with van der Waals surface area (Å²) in [6.07, 6.45) is 4.59. The third kappa shape index (κ3) is 4.14. The number of rotatable bonds is 5. The van der Waals surface area contributed by atoms with Crippen LogP contribution in [0.25, 0.3) is 6.08 Å². The van der Waals surface area contributed by atoms with E-state index >= 15 is 0 Å². The van der Waals surface area contributed by atoms with Gasteiger partial charge in [-0.1, -0.05) is 12.1 Å². The first kappa shape index (κ1) is 18.4. The molecule has 0 aliphatic carbocycles. The van der Waals surface area contributed by atoms with E-state index in [0.29, 0.717) is 13.2 Å². The fourth-order valence-corrected chi connectivity index (χ4v) is 3.64. The van der Waals surface area contributed by atoms with E-state index < -0.39 is 0 Å². The summed E-state index contributed by atoms with van der Waals surface area (Å²) in [4.78, 5) is 16.7. The molecule has 3 heterocycles. The van der Waals surface area contributed by atoms with Gasteiger partial charge in [-0.05, 0) is 34.6 Å². The quantitative estimate of drug-likeness (QED) is 0.750. The third-order valence-corrected chi connectivity index (χ3v) is 5.05. The summed E-state index contributed by atoms with van der Waals surface area (Å²) in [5, 5.41) is 10.9. The van der Waals surface area contributed by atoms with Crippen molar-refractivity contribution < 1.29 is 14.3 Å². The highest BCUT2D eigenvalue weighted by Gasteiger charge is 2.22. The van der Waals surface area contributed by atoms with Crippen LogP contribution in [-0.2, 0) is 11.3 Å². The van der Waals surface area contributed by atoms with Crippen molar-refractivity contribution >= 4 is 12.0 Å². The van der Waals surface area contributed by atoms with Crippen LogP contribution in [0.4, 0.5) is 0 Å². The Morgan fingerprint density at radius 3 is 3.00 bits per heavy atom. The second-order valence-electron chi connectivity index (χ2n) is 6.99. The number of tetrazole rings is 1. The van der Waals surface area contributed by atoms with Gasteiger partial charge in [0.1, 0.15) is 19.5 Å². The van der Waals surface area contributed by atoms with Crippen molar-refractivity contribution in [2.75, 3.05) is 46.4 Å². The number of aromatic nitrogens is 4. The standard InChI is InChI=1S/C19H24N6O3/c1-27-17-5-2-4-16-10-15(13-28-19(16)17)11-23-6-3-7-24(9-8-23)18(26)12-25-14-20-21-22-25/h2,4-5,10,14H,3,6-9,11-13H2,1H3. The smallest absolute Gasteiger partial charge is 0.244 e. The lowest BCUT2D eigenvalue weighted by Crippen LogP contribution is -2.37. The molecular weight excluding hydrogens is 360 g/mol. The molecule has 0 bridgehead atoms. The molecule has 1 amide bonds. The molecule has 28 heavy (non-hydrogen) atoms. The molecule has 2 aliphatic rings. The van der Waals surface area contributed by atoms with Crippen LogP contribution in [0, 0.1) is 0 Å². The van der Waals surface area contributed by atoms with Crippen LogP contribution >= 0.6 is 0 Å². The molecule has 1 aromatic carbocycles. The van der Waals surface area contributed by atoms with Gasteiger partial charge in [0.15, 0.2) is 11.5 Å². The van der Waals surface area contributed by atoms with E-state index in [0.717, 1.165) is 49.7 Å². The Hall–Kier alpha value is -2.94. The van der Waals surface area contributed by atoms with Crippen molar-refractivity contribution in [3.63, 3.8) is 0 Å². The van der Waals surface area contributed by atoms with Gasteiger partial charge in [0, 0.05) is 38.3 Å². The molecule has 2 aromatic rings. The van der Waals surface area contributed by atoms with E-state index in [4.69, 9.17) is 9.47 Å². The average Bonchev–Trinajstić information content (AvgIpc) is 3.11. The van der Waals surface area contributed by atoms with Crippen molar-refractivity contribution in [3.05, 3.63) is 35.7 Å². The summed E-state index contributed by atoms with van der Waals surface area (Å²) < 4.78 is 12.8. The number of hydrogen-bond donors (Lipinski definition) is 0. The molecule has 9 heteroatoms. The highest BCUT2D eigenvalue weighted by atomic mass is 16.5. The molecule has 1 aromatic heterocycles. The highest BCUT2D eigenvalue weighted by molar-refractivity contribution is 5.75. The van der Waals surface area contributed by atoms with Gasteiger partial charge in [-0.15, -0.1) is 5.10 Å². The zero-order chi connectivity index (χ0) is 19.3. The Morgan fingerprint density at radius 2 is 2.18 bits per heavy atom. The molecule has 2 aliphatic heterocycles. The summed E-state index contributed by atoms with van der Waals surface area (Å²) in [5.74, 6) is 1.62. The van der Waals surface area contributed by atoms with Gasteiger partial charge in [-0.25, -0.2) is 4.68 Å². The second-order valence-corrected chi connectivity index (χ2v) is 6.99. The van der Waals surface area contributed by atoms with Gasteiger partial charge < -0.3 is 14.4 Å². The zero-order valence-corrected chi connectivity index (χ0v) is 16.0. The van der Waals surface area contributed by atoms with Gasteiger partial charge in [0.25, 0.3) is 0 Å². The normalized spacial score (nSPS) is 17.3. The highest BCUT2D eigenvalue weighted by Crippen LogP contribution is 2.35. The summed E-state index contributed by atoms with van der Waals surface area (Å²) in [7, 11) is 1.65. The molecule has 148 valence electrons. The number of hydrogen-bond acceptors (Lipinski definition) is 7. The SMILES string of the molecule is COc1cccc2c1OCC(CN1CCCN(C(=O)Cn3cnnn3)CC1)=C2. The van der Waals surface area contributed by atoms with E-state index in [9.17, 15) is 4.79 Å². The Bertz CT molecular complexity index is 851. The molecule has 0 unspecified atom stereocenters. The molecule has 0 radical (unpaired) electrons. The minimum atomic E-state index is 0.0513. The number of methoxy groups -OCH3 is 1. The topological polar surface area (TPSA) is 85.6 Å². The maximum atomic E-state index is 12.5. The maximum absolute atomic E-state index is 12.5. The number of nitrogens with zero attached hydrogens (tertiary/aromatic N) is 6. The number of para-hydroxylation sites is 1. The van der Waals surface area contributed by atoms with Gasteiger partial charge in [-0.2, -0.15) is 0 Å². The number of fused-ring (bicyclic) bond motifs is 1. The van der Waals surface area contributed by atoms with Crippen molar-refractivity contribution in [2.24, 2.45) is 0 Å². The Morgan fingerprint density at radius 1 is 1.25 bits per heavy atom. The van der Waals surface area contributed by atoms with Gasteiger partial charge in [0.05, 0.1) is 7.11 Å². The number of amides is 1. The number of benzene rings is 1. The lowest BCUT2D eigenvalue weighted by atomic mass is 10.1. The third-order valence-electron chi connectivity index (χ3n) is 5.05. The first-order valence-electron chi connectivity index (χ1n) is 9.43. The van der Waals surface area contributed by atoms with E-state index in [2.05, 4.69) is 26.5 Å². The van der Waals surface area contributed by atoms with Gasteiger partial charge in [-0.3, -0.25) is 9.69 Å². The largest absolute Gasteiger partial charge is 0.493 e. The maximum Gasteiger partial charge on any atom is 0.244 e. The Kier molecular flexibility index (Phi) is 5.52. The molecular formula is C19H24N6O3. The van der Waals surface area contributed by atoms with Crippen LogP contribution in [0.15, 0.2) is 30.1 Å². The van der Waals surface area contributed by atoms with Crippen LogP contribution in [0.3, 0.4) is 0 Å². The Balaban J connectivity index is 1.35. The number of carbonyl (C=O) groups excluding carboxylic acids is 1. The lowest BCUT2D eigenvalue weighted by molar-refractivity contribution is -0.131. The van der Waals surface area contributed by atoms with Crippen LogP contribution in [0.5, 0.6) is 11.5 Å². The predicted molar refractivity (Wildman–Crippen MR) is 102 cm³/mol. The van der Waals surface area contributed by atoms with Crippen molar-refractivity contribution in [1.29, 1.82) is 0 Å². The summed E-state index contributed by atoms with van der Waals surface area (Å²) in [5.41, 5.74) is 2.28. The molecule has 0 N–H and O–H groups in total. The van der Waals surface area contributed by atoms with E-state index in [-0.39, 0.29) is 12.5 Å². The molecule has 0 atom stereocenters. The van der Waals surface area contributed by atoms with Crippen LogP contribution < -0.4 is 9.47 Å².